The molecule has 5 atom stereocenters. The lowest BCUT2D eigenvalue weighted by Gasteiger charge is -2.42. The van der Waals surface area contributed by atoms with Crippen LogP contribution in [0.3, 0.4) is 0 Å². The molecule has 0 radical (unpaired) electrons. The van der Waals surface area contributed by atoms with Crippen molar-refractivity contribution in [1.29, 1.82) is 0 Å². The van der Waals surface area contributed by atoms with E-state index in [4.69, 9.17) is 0 Å². The van der Waals surface area contributed by atoms with Crippen molar-refractivity contribution < 1.29 is 8.78 Å². The van der Waals surface area contributed by atoms with Crippen molar-refractivity contribution in [2.24, 2.45) is 23.7 Å². The van der Waals surface area contributed by atoms with E-state index in [0.717, 1.165) is 55.1 Å². The molecule has 0 spiro atoms. The largest absolute Gasteiger partial charge is 0.207 e. The normalized spacial score (nSPS) is 34.2. The zero-order valence-corrected chi connectivity index (χ0v) is 16.5. The molecule has 2 heteroatoms. The van der Waals surface area contributed by atoms with Crippen LogP contribution in [0, 0.1) is 35.3 Å². The van der Waals surface area contributed by atoms with Crippen molar-refractivity contribution in [3.05, 3.63) is 34.4 Å². The molecule has 0 amide bonds. The fourth-order valence-corrected chi connectivity index (χ4v) is 6.34. The van der Waals surface area contributed by atoms with Gasteiger partial charge in [-0.05, 0) is 98.1 Å². The number of hydrogen-bond donors (Lipinski definition) is 0. The second kappa shape index (κ2) is 7.60. The Balaban J connectivity index is 1.53. The van der Waals surface area contributed by atoms with Gasteiger partial charge in [0.05, 0.1) is 0 Å². The van der Waals surface area contributed by atoms with Gasteiger partial charge in [-0.1, -0.05) is 33.1 Å². The molecular formula is C24H34F2. The van der Waals surface area contributed by atoms with E-state index in [2.05, 4.69) is 13.8 Å². The van der Waals surface area contributed by atoms with Crippen molar-refractivity contribution >= 4 is 0 Å². The zero-order chi connectivity index (χ0) is 18.3. The van der Waals surface area contributed by atoms with Crippen LogP contribution < -0.4 is 0 Å². The average Bonchev–Trinajstić information content (AvgIpc) is 2.61. The van der Waals surface area contributed by atoms with Gasteiger partial charge in [-0.3, -0.25) is 0 Å². The molecule has 0 bridgehead atoms. The van der Waals surface area contributed by atoms with Gasteiger partial charge < -0.3 is 0 Å². The summed E-state index contributed by atoms with van der Waals surface area (Å²) in [6, 6.07) is 1.67. The fraction of sp³-hybridized carbons (Fsp3) is 0.750. The molecule has 2 fully saturated rings. The predicted octanol–water partition coefficient (Wildman–Crippen LogP) is 7.19. The smallest absolute Gasteiger partial charge is 0.133 e. The van der Waals surface area contributed by atoms with Crippen LogP contribution in [0.5, 0.6) is 0 Å². The van der Waals surface area contributed by atoms with Crippen molar-refractivity contribution in [1.82, 2.24) is 0 Å². The minimum atomic E-state index is -0.265. The van der Waals surface area contributed by atoms with Gasteiger partial charge >= 0.3 is 0 Å². The third kappa shape index (κ3) is 3.45. The van der Waals surface area contributed by atoms with Crippen LogP contribution in [0.25, 0.3) is 0 Å². The van der Waals surface area contributed by atoms with E-state index in [-0.39, 0.29) is 17.6 Å². The Labute approximate surface area is 157 Å². The van der Waals surface area contributed by atoms with E-state index in [1.54, 1.807) is 6.07 Å². The topological polar surface area (TPSA) is 0 Å². The molecule has 1 aromatic carbocycles. The number of halogens is 2. The monoisotopic (exact) mass is 360 g/mol. The fourth-order valence-electron chi connectivity index (χ4n) is 6.34. The van der Waals surface area contributed by atoms with Gasteiger partial charge in [0.25, 0.3) is 0 Å². The molecule has 1 aromatic rings. The lowest BCUT2D eigenvalue weighted by atomic mass is 9.63. The van der Waals surface area contributed by atoms with Crippen LogP contribution in [0.15, 0.2) is 6.07 Å². The van der Waals surface area contributed by atoms with E-state index < -0.39 is 0 Å². The second-order valence-electron chi connectivity index (χ2n) is 9.57. The Bertz CT molecular complexity index is 650. The van der Waals surface area contributed by atoms with Crippen molar-refractivity contribution in [2.75, 3.05) is 0 Å². The number of benzene rings is 1. The molecular weight excluding hydrogens is 326 g/mol. The number of rotatable bonds is 3. The maximum absolute atomic E-state index is 15.3. The van der Waals surface area contributed by atoms with E-state index in [9.17, 15) is 4.39 Å². The van der Waals surface area contributed by atoms with E-state index in [0.29, 0.717) is 17.4 Å². The summed E-state index contributed by atoms with van der Waals surface area (Å²) >= 11 is 0. The van der Waals surface area contributed by atoms with Crippen LogP contribution in [-0.4, -0.2) is 0 Å². The van der Waals surface area contributed by atoms with Crippen LogP contribution in [0.2, 0.25) is 0 Å². The van der Waals surface area contributed by atoms with Crippen LogP contribution in [0.1, 0.15) is 94.2 Å². The summed E-state index contributed by atoms with van der Waals surface area (Å²) in [6.07, 6.45) is 12.4. The van der Waals surface area contributed by atoms with E-state index in [1.807, 2.05) is 0 Å². The lowest BCUT2D eigenvalue weighted by Crippen LogP contribution is -2.31. The van der Waals surface area contributed by atoms with Crippen LogP contribution in [-0.2, 0) is 12.8 Å². The van der Waals surface area contributed by atoms with Gasteiger partial charge in [-0.15, -0.1) is 0 Å². The maximum Gasteiger partial charge on any atom is 0.133 e. The lowest BCUT2D eigenvalue weighted by molar-refractivity contribution is 0.112. The van der Waals surface area contributed by atoms with Gasteiger partial charge in [-0.25, -0.2) is 8.78 Å². The molecule has 3 aliphatic carbocycles. The molecule has 0 aromatic heterocycles. The Kier molecular flexibility index (Phi) is 5.39. The third-order valence-corrected chi connectivity index (χ3v) is 7.73. The molecule has 0 N–H and O–H groups in total. The second-order valence-corrected chi connectivity index (χ2v) is 9.57. The summed E-state index contributed by atoms with van der Waals surface area (Å²) < 4.78 is 30.2. The minimum Gasteiger partial charge on any atom is -0.207 e. The molecule has 144 valence electrons. The molecule has 5 unspecified atom stereocenters. The SMILES string of the molecule is CCCC1CCC2CC(c3c(F)cc4c(c3F)CCC(C)C4)CCC2C1. The zero-order valence-electron chi connectivity index (χ0n) is 16.5. The molecule has 2 saturated carbocycles. The standard InChI is InChI=1S/C24H34F2/c1-3-4-16-6-7-18-13-19(9-8-17(18)12-16)23-22(25)14-20-11-15(2)5-10-21(20)24(23)26/h14-19H,3-13H2,1-2H3. The van der Waals surface area contributed by atoms with Crippen molar-refractivity contribution in [2.45, 2.75) is 90.4 Å². The minimum absolute atomic E-state index is 0.101. The Morgan fingerprint density at radius 3 is 2.58 bits per heavy atom. The summed E-state index contributed by atoms with van der Waals surface area (Å²) in [6.45, 7) is 4.47. The molecule has 26 heavy (non-hydrogen) atoms. The Morgan fingerprint density at radius 1 is 1.00 bits per heavy atom. The molecule has 4 rings (SSSR count). The van der Waals surface area contributed by atoms with Crippen LogP contribution in [0.4, 0.5) is 8.78 Å². The predicted molar refractivity (Wildman–Crippen MR) is 103 cm³/mol. The van der Waals surface area contributed by atoms with Crippen molar-refractivity contribution in [3.8, 4) is 0 Å². The highest BCUT2D eigenvalue weighted by Crippen LogP contribution is 2.49. The molecule has 0 heterocycles. The summed E-state index contributed by atoms with van der Waals surface area (Å²) in [7, 11) is 0. The average molecular weight is 361 g/mol. The summed E-state index contributed by atoms with van der Waals surface area (Å²) in [5.41, 5.74) is 2.19. The Morgan fingerprint density at radius 2 is 1.77 bits per heavy atom. The van der Waals surface area contributed by atoms with Gasteiger partial charge in [-0.2, -0.15) is 0 Å². The quantitative estimate of drug-likeness (QED) is 0.535. The highest BCUT2D eigenvalue weighted by Gasteiger charge is 2.38. The van der Waals surface area contributed by atoms with Crippen molar-refractivity contribution in [3.63, 3.8) is 0 Å². The summed E-state index contributed by atoms with van der Waals surface area (Å²) in [5.74, 6) is 2.59. The highest BCUT2D eigenvalue weighted by molar-refractivity contribution is 5.39. The van der Waals surface area contributed by atoms with Gasteiger partial charge in [0.1, 0.15) is 11.6 Å². The highest BCUT2D eigenvalue weighted by atomic mass is 19.1. The molecule has 0 nitrogen and oxygen atoms in total. The first kappa shape index (κ1) is 18.4. The summed E-state index contributed by atoms with van der Waals surface area (Å²) in [5, 5.41) is 0. The first-order valence-electron chi connectivity index (χ1n) is 11.1. The van der Waals surface area contributed by atoms with Gasteiger partial charge in [0.15, 0.2) is 0 Å². The first-order chi connectivity index (χ1) is 12.6. The van der Waals surface area contributed by atoms with Gasteiger partial charge in [0, 0.05) is 5.56 Å². The van der Waals surface area contributed by atoms with Gasteiger partial charge in [0.2, 0.25) is 0 Å². The summed E-state index contributed by atoms with van der Waals surface area (Å²) in [4.78, 5) is 0. The number of hydrogen-bond acceptors (Lipinski definition) is 0. The van der Waals surface area contributed by atoms with E-state index in [1.165, 1.54) is 38.5 Å². The molecule has 0 saturated heterocycles. The third-order valence-electron chi connectivity index (χ3n) is 7.73. The number of fused-ring (bicyclic) bond motifs is 2. The molecule has 3 aliphatic rings. The first-order valence-corrected chi connectivity index (χ1v) is 11.1. The van der Waals surface area contributed by atoms with E-state index >= 15 is 4.39 Å². The maximum atomic E-state index is 15.3. The molecule has 0 aliphatic heterocycles. The Hall–Kier alpha value is -0.920. The van der Waals surface area contributed by atoms with Crippen LogP contribution >= 0.6 is 0 Å².